The average Bonchev–Trinajstić information content (AvgIpc) is 2.44. The summed E-state index contributed by atoms with van der Waals surface area (Å²) in [6, 6.07) is 4.02. The van der Waals surface area contributed by atoms with Crippen LogP contribution in [0.25, 0.3) is 0 Å². The van der Waals surface area contributed by atoms with Gasteiger partial charge in [0, 0.05) is 12.1 Å². The van der Waals surface area contributed by atoms with Crippen LogP contribution in [-0.2, 0) is 10.9 Å². The van der Waals surface area contributed by atoms with Crippen molar-refractivity contribution in [2.24, 2.45) is 4.99 Å². The van der Waals surface area contributed by atoms with Crippen molar-refractivity contribution in [1.29, 1.82) is 0 Å². The molecule has 0 aliphatic carbocycles. The molecule has 1 aromatic carbocycles. The maximum atomic E-state index is 12.4. The van der Waals surface area contributed by atoms with E-state index in [0.717, 1.165) is 30.7 Å². The monoisotopic (exact) mass is 302 g/mol. The molecule has 0 aromatic heterocycles. The van der Waals surface area contributed by atoms with Gasteiger partial charge >= 0.3 is 6.18 Å². The fourth-order valence-corrected chi connectivity index (χ4v) is 1.45. The fourth-order valence-electron chi connectivity index (χ4n) is 1.45. The molecule has 0 aliphatic heterocycles. The van der Waals surface area contributed by atoms with Crippen molar-refractivity contribution in [3.05, 3.63) is 35.4 Å². The van der Waals surface area contributed by atoms with Crippen LogP contribution in [0.2, 0.25) is 0 Å². The van der Waals surface area contributed by atoms with Crippen molar-refractivity contribution < 1.29 is 22.7 Å². The number of rotatable bonds is 4. The van der Waals surface area contributed by atoms with E-state index in [0.29, 0.717) is 13.2 Å². The van der Waals surface area contributed by atoms with E-state index in [1.807, 2.05) is 6.92 Å². The minimum atomic E-state index is -4.42. The third kappa shape index (κ3) is 5.45. The Morgan fingerprint density at radius 3 is 2.33 bits per heavy atom. The minimum absolute atomic E-state index is 0.0734. The van der Waals surface area contributed by atoms with Crippen molar-refractivity contribution in [2.45, 2.75) is 26.4 Å². The molecule has 1 N–H and O–H groups in total. The van der Waals surface area contributed by atoms with E-state index in [-0.39, 0.29) is 11.6 Å². The van der Waals surface area contributed by atoms with Crippen LogP contribution in [0, 0.1) is 0 Å². The average molecular weight is 302 g/mol. The Morgan fingerprint density at radius 1 is 1.24 bits per heavy atom. The third-order valence-electron chi connectivity index (χ3n) is 2.45. The molecule has 0 bridgehead atoms. The van der Waals surface area contributed by atoms with Gasteiger partial charge in [0.15, 0.2) is 0 Å². The van der Waals surface area contributed by atoms with Gasteiger partial charge in [0.05, 0.1) is 12.2 Å². The van der Waals surface area contributed by atoms with Crippen molar-refractivity contribution >= 4 is 11.9 Å². The highest BCUT2D eigenvalue weighted by Gasteiger charge is 2.30. The van der Waals surface area contributed by atoms with E-state index in [4.69, 9.17) is 4.74 Å². The van der Waals surface area contributed by atoms with E-state index in [1.165, 1.54) is 0 Å². The number of hydrogen-bond acceptors (Lipinski definition) is 3. The van der Waals surface area contributed by atoms with Crippen LogP contribution in [0.15, 0.2) is 29.3 Å². The topological polar surface area (TPSA) is 50.7 Å². The second kappa shape index (κ2) is 7.66. The van der Waals surface area contributed by atoms with Gasteiger partial charge in [-0.25, -0.2) is 4.99 Å². The predicted octanol–water partition coefficient (Wildman–Crippen LogP) is 3.24. The number of hydrogen-bond donors (Lipinski definition) is 1. The molecule has 1 aromatic rings. The number of carbonyl (C=O) groups is 1. The molecule has 0 heterocycles. The molecule has 1 rings (SSSR count). The quantitative estimate of drug-likeness (QED) is 0.685. The first-order chi connectivity index (χ1) is 9.88. The first-order valence-corrected chi connectivity index (χ1v) is 6.54. The highest BCUT2D eigenvalue weighted by molar-refractivity contribution is 6.04. The summed E-state index contributed by atoms with van der Waals surface area (Å²) in [5, 5.41) is 2.43. The van der Waals surface area contributed by atoms with Crippen LogP contribution in [0.1, 0.15) is 36.2 Å². The van der Waals surface area contributed by atoms with Crippen LogP contribution >= 0.6 is 0 Å². The third-order valence-corrected chi connectivity index (χ3v) is 2.45. The van der Waals surface area contributed by atoms with Gasteiger partial charge in [0.25, 0.3) is 11.9 Å². The minimum Gasteiger partial charge on any atom is -0.465 e. The maximum absolute atomic E-state index is 12.4. The van der Waals surface area contributed by atoms with Gasteiger partial charge in [-0.3, -0.25) is 10.1 Å². The Kier molecular flexibility index (Phi) is 6.20. The van der Waals surface area contributed by atoms with E-state index in [1.54, 1.807) is 6.92 Å². The van der Waals surface area contributed by atoms with Crippen molar-refractivity contribution in [3.63, 3.8) is 0 Å². The van der Waals surface area contributed by atoms with Gasteiger partial charge < -0.3 is 4.74 Å². The van der Waals surface area contributed by atoms with Gasteiger partial charge in [0.2, 0.25) is 0 Å². The summed E-state index contributed by atoms with van der Waals surface area (Å²) < 4.78 is 42.4. The lowest BCUT2D eigenvalue weighted by atomic mass is 10.1. The lowest BCUT2D eigenvalue weighted by Gasteiger charge is -2.10. The summed E-state index contributed by atoms with van der Waals surface area (Å²) in [7, 11) is 0. The van der Waals surface area contributed by atoms with E-state index in [2.05, 4.69) is 10.3 Å². The van der Waals surface area contributed by atoms with Crippen LogP contribution in [0.3, 0.4) is 0 Å². The van der Waals surface area contributed by atoms with Crippen LogP contribution in [0.5, 0.6) is 0 Å². The summed E-state index contributed by atoms with van der Waals surface area (Å²) in [4.78, 5) is 15.9. The van der Waals surface area contributed by atoms with E-state index >= 15 is 0 Å². The molecule has 21 heavy (non-hydrogen) atoms. The first-order valence-electron chi connectivity index (χ1n) is 6.54. The summed E-state index contributed by atoms with van der Waals surface area (Å²) in [6.45, 7) is 4.48. The number of alkyl halides is 3. The van der Waals surface area contributed by atoms with E-state index < -0.39 is 17.6 Å². The number of nitrogens with zero attached hydrogens (tertiary/aromatic N) is 1. The molecule has 0 saturated heterocycles. The molecule has 116 valence electrons. The maximum Gasteiger partial charge on any atom is 0.416 e. The molecule has 0 unspecified atom stereocenters. The van der Waals surface area contributed by atoms with Gasteiger partial charge in [-0.05, 0) is 37.6 Å². The highest BCUT2D eigenvalue weighted by Crippen LogP contribution is 2.29. The molecule has 7 heteroatoms. The molecule has 0 atom stereocenters. The Balaban J connectivity index is 2.78. The molecule has 0 radical (unpaired) electrons. The Labute approximate surface area is 121 Å². The lowest BCUT2D eigenvalue weighted by Crippen LogP contribution is -2.32. The van der Waals surface area contributed by atoms with Crippen LogP contribution in [-0.4, -0.2) is 25.1 Å². The zero-order valence-corrected chi connectivity index (χ0v) is 11.8. The lowest BCUT2D eigenvalue weighted by molar-refractivity contribution is -0.137. The molecular weight excluding hydrogens is 285 g/mol. The smallest absolute Gasteiger partial charge is 0.416 e. The zero-order chi connectivity index (χ0) is 15.9. The Morgan fingerprint density at radius 2 is 1.86 bits per heavy atom. The second-order valence-corrected chi connectivity index (χ2v) is 4.15. The summed E-state index contributed by atoms with van der Waals surface area (Å²) in [5.41, 5.74) is -0.698. The SMILES string of the molecule is CCCN=C(NC(=O)c1ccc(C(F)(F)F)cc1)OCC. The fraction of sp³-hybridized carbons (Fsp3) is 0.429. The zero-order valence-electron chi connectivity index (χ0n) is 11.8. The number of carbonyl (C=O) groups excluding carboxylic acids is 1. The molecule has 0 aliphatic rings. The van der Waals surface area contributed by atoms with Gasteiger partial charge in [-0.2, -0.15) is 13.2 Å². The number of benzene rings is 1. The molecular formula is C14H17F3N2O2. The van der Waals surface area contributed by atoms with Gasteiger partial charge in [-0.1, -0.05) is 6.92 Å². The Bertz CT molecular complexity index is 496. The Hall–Kier alpha value is -2.05. The van der Waals surface area contributed by atoms with E-state index in [9.17, 15) is 18.0 Å². The molecule has 1 amide bonds. The number of amides is 1. The first kappa shape index (κ1) is 17.0. The second-order valence-electron chi connectivity index (χ2n) is 4.15. The largest absolute Gasteiger partial charge is 0.465 e. The van der Waals surface area contributed by atoms with Gasteiger partial charge in [-0.15, -0.1) is 0 Å². The van der Waals surface area contributed by atoms with Crippen molar-refractivity contribution in [3.8, 4) is 0 Å². The molecule has 4 nitrogen and oxygen atoms in total. The van der Waals surface area contributed by atoms with Crippen molar-refractivity contribution in [2.75, 3.05) is 13.2 Å². The molecule has 0 fully saturated rings. The standard InChI is InChI=1S/C14H17F3N2O2/c1-3-9-18-13(21-4-2)19-12(20)10-5-7-11(8-6-10)14(15,16)17/h5-8H,3-4,9H2,1-2H3,(H,18,19,20). The number of ether oxygens (including phenoxy) is 1. The van der Waals surface area contributed by atoms with Crippen LogP contribution in [0.4, 0.5) is 13.2 Å². The van der Waals surface area contributed by atoms with Crippen molar-refractivity contribution in [1.82, 2.24) is 5.32 Å². The van der Waals surface area contributed by atoms with Gasteiger partial charge in [0.1, 0.15) is 0 Å². The number of amidine groups is 1. The van der Waals surface area contributed by atoms with Crippen LogP contribution < -0.4 is 5.32 Å². The predicted molar refractivity (Wildman–Crippen MR) is 73.1 cm³/mol. The number of halogens is 3. The summed E-state index contributed by atoms with van der Waals surface area (Å²) >= 11 is 0. The number of aliphatic imine (C=N–C) groups is 1. The normalized spacial score (nSPS) is 12.1. The molecule has 0 saturated carbocycles. The summed E-state index contributed by atoms with van der Waals surface area (Å²) in [5.74, 6) is -0.563. The molecule has 0 spiro atoms. The summed E-state index contributed by atoms with van der Waals surface area (Å²) in [6.07, 6.45) is -3.64. The highest BCUT2D eigenvalue weighted by atomic mass is 19.4. The number of nitrogens with one attached hydrogen (secondary N) is 1.